The van der Waals surface area contributed by atoms with Crippen LogP contribution >= 0.6 is 0 Å². The van der Waals surface area contributed by atoms with Crippen molar-refractivity contribution in [3.8, 4) is 0 Å². The van der Waals surface area contributed by atoms with Gasteiger partial charge >= 0.3 is 5.97 Å². The Morgan fingerprint density at radius 1 is 0.459 bits per heavy atom. The highest BCUT2D eigenvalue weighted by Gasteiger charge is 2.47. The molecule has 22 heteroatoms. The van der Waals surface area contributed by atoms with Gasteiger partial charge in [-0.2, -0.15) is 0 Å². The lowest BCUT2D eigenvalue weighted by Crippen LogP contribution is -2.60. The normalized spacial score (nSPS) is 27.8. The van der Waals surface area contributed by atoms with E-state index in [1.165, 1.54) is 19.6 Å². The maximum Gasteiger partial charge on any atom is 0.326 e. The monoisotopic (exact) mass is 861 g/mol. The molecule has 0 spiro atoms. The molecule has 0 saturated carbocycles. The molecule has 61 heavy (non-hydrogen) atoms. The predicted molar refractivity (Wildman–Crippen MR) is 209 cm³/mol. The molecule has 0 aromatic rings. The molecule has 0 aromatic heterocycles. The summed E-state index contributed by atoms with van der Waals surface area (Å²) in [6, 6.07) is -9.73. The third kappa shape index (κ3) is 9.76. The van der Waals surface area contributed by atoms with Crippen molar-refractivity contribution in [2.24, 2.45) is 0 Å². The number of hydrogen-bond donors (Lipinski definition) is 8. The van der Waals surface area contributed by atoms with Crippen molar-refractivity contribution >= 4 is 53.2 Å². The Labute approximate surface area is 352 Å². The SMILES string of the molecule is O=C(N[C@@H](CO)C(=O)N1CCC[C@H]1C(=O)N1CCC[C@H]1C(=O)N[C@@H](CO)C(=O)N1CCC[C@H]1C(=O)N1CCC[C@H]1C(=O)N[C@@H](CO)C(=O)N1CCC[C@H]1C(=O)O)[C@@H]1CCCN1. The molecule has 8 N–H and O–H groups in total. The van der Waals surface area contributed by atoms with E-state index >= 15 is 0 Å². The van der Waals surface area contributed by atoms with E-state index < -0.39 is 127 Å². The van der Waals surface area contributed by atoms with E-state index in [1.54, 1.807) is 0 Å². The van der Waals surface area contributed by atoms with E-state index in [4.69, 9.17) is 0 Å². The summed E-state index contributed by atoms with van der Waals surface area (Å²) in [6.45, 7) is -0.747. The Bertz CT molecular complexity index is 1710. The zero-order valence-electron chi connectivity index (χ0n) is 34.2. The maximum absolute atomic E-state index is 14.0. The third-order valence-electron chi connectivity index (χ3n) is 12.9. The fraction of sp³-hybridized carbons (Fsp3) is 0.769. The minimum absolute atomic E-state index is 0.125. The molecule has 6 aliphatic rings. The first-order valence-electron chi connectivity index (χ1n) is 21.5. The second kappa shape index (κ2) is 20.3. The highest BCUT2D eigenvalue weighted by molar-refractivity contribution is 5.99. The first kappa shape index (κ1) is 45.6. The van der Waals surface area contributed by atoms with Crippen LogP contribution in [-0.4, -0.2) is 212 Å². The lowest BCUT2D eigenvalue weighted by molar-refractivity contribution is -0.151. The lowest BCUT2D eigenvalue weighted by atomic mass is 10.1. The first-order chi connectivity index (χ1) is 29.3. The van der Waals surface area contributed by atoms with E-state index in [1.807, 2.05) is 0 Å². The Morgan fingerprint density at radius 3 is 1.16 bits per heavy atom. The van der Waals surface area contributed by atoms with Gasteiger partial charge in [0.25, 0.3) is 0 Å². The van der Waals surface area contributed by atoms with E-state index in [0.29, 0.717) is 51.5 Å². The molecule has 0 aliphatic carbocycles. The van der Waals surface area contributed by atoms with Crippen LogP contribution < -0.4 is 21.3 Å². The Kier molecular flexibility index (Phi) is 15.2. The van der Waals surface area contributed by atoms with Crippen LogP contribution in [0.2, 0.25) is 0 Å². The molecule has 6 aliphatic heterocycles. The van der Waals surface area contributed by atoms with Gasteiger partial charge in [0.1, 0.15) is 48.3 Å². The number of nitrogens with one attached hydrogen (secondary N) is 4. The fourth-order valence-electron chi connectivity index (χ4n) is 9.72. The van der Waals surface area contributed by atoms with Crippen molar-refractivity contribution in [1.82, 2.24) is 45.8 Å². The Hall–Kier alpha value is -4.93. The average molecular weight is 862 g/mol. The molecule has 6 rings (SSSR count). The second-order valence-electron chi connectivity index (χ2n) is 16.7. The van der Waals surface area contributed by atoms with Crippen LogP contribution in [-0.2, 0) is 43.2 Å². The summed E-state index contributed by atoms with van der Waals surface area (Å²) in [5.74, 6) is -6.12. The fourth-order valence-corrected chi connectivity index (χ4v) is 9.72. The number of aliphatic carboxylic acids is 1. The number of carbonyl (C=O) groups excluding carboxylic acids is 8. The van der Waals surface area contributed by atoms with Crippen LogP contribution in [0.25, 0.3) is 0 Å². The van der Waals surface area contributed by atoms with Gasteiger partial charge in [-0.1, -0.05) is 0 Å². The number of hydrogen-bond acceptors (Lipinski definition) is 13. The van der Waals surface area contributed by atoms with Gasteiger partial charge in [-0.3, -0.25) is 38.4 Å². The van der Waals surface area contributed by atoms with Crippen LogP contribution in [0.15, 0.2) is 0 Å². The van der Waals surface area contributed by atoms with E-state index in [2.05, 4.69) is 21.3 Å². The summed E-state index contributed by atoms with van der Waals surface area (Å²) in [7, 11) is 0. The topological polar surface area (TPSA) is 299 Å². The molecule has 22 nitrogen and oxygen atoms in total. The van der Waals surface area contributed by atoms with E-state index in [0.717, 1.165) is 11.3 Å². The zero-order valence-corrected chi connectivity index (χ0v) is 34.2. The largest absolute Gasteiger partial charge is 0.480 e. The molecule has 0 radical (unpaired) electrons. The van der Waals surface area contributed by atoms with Gasteiger partial charge < -0.3 is 66.2 Å². The van der Waals surface area contributed by atoms with Gasteiger partial charge in [-0.15, -0.1) is 0 Å². The number of nitrogens with zero attached hydrogens (tertiary/aromatic N) is 5. The van der Waals surface area contributed by atoms with Crippen LogP contribution in [0.4, 0.5) is 0 Å². The molecule has 0 unspecified atom stereocenters. The molecule has 0 aromatic carbocycles. The van der Waals surface area contributed by atoms with Gasteiger partial charge in [0.15, 0.2) is 0 Å². The Morgan fingerprint density at radius 2 is 0.803 bits per heavy atom. The lowest BCUT2D eigenvalue weighted by Gasteiger charge is -2.34. The number of likely N-dealkylation sites (tertiary alicyclic amines) is 5. The van der Waals surface area contributed by atoms with Crippen LogP contribution in [0.1, 0.15) is 77.0 Å². The molecule has 0 bridgehead atoms. The van der Waals surface area contributed by atoms with Gasteiger partial charge in [0.2, 0.25) is 47.3 Å². The highest BCUT2D eigenvalue weighted by atomic mass is 16.4. The Balaban J connectivity index is 1.05. The minimum atomic E-state index is -1.47. The number of carboxylic acid groups (broad SMARTS) is 1. The number of carbonyl (C=O) groups is 9. The molecule has 6 saturated heterocycles. The molecule has 8 amide bonds. The molecular formula is C39H59N9O13. The average Bonchev–Trinajstić information content (AvgIpc) is 4.12. The summed E-state index contributed by atoms with van der Waals surface area (Å²) >= 11 is 0. The summed E-state index contributed by atoms with van der Waals surface area (Å²) in [4.78, 5) is 127. The first-order valence-corrected chi connectivity index (χ1v) is 21.5. The molecule has 6 fully saturated rings. The standard InChI is InChI=1S/C39H59N9O13/c49-19-23(41-31(52)22-7-1-13-40-22)34(55)46-16-4-10-28(46)37(58)44-14-2-8-26(44)32(53)42-24(20-50)35(56)47-17-5-11-29(47)38(59)45-15-3-9-27(45)33(54)43-25(21-51)36(57)48-18-6-12-30(48)39(60)61/h22-30,40,49-51H,1-21H2,(H,41,52)(H,42,53)(H,43,54)(H,60,61)/t22-,23-,24-,25-,26-,27-,28-,29-,30-/m0/s1. The summed E-state index contributed by atoms with van der Waals surface area (Å²) < 4.78 is 0. The van der Waals surface area contributed by atoms with Crippen molar-refractivity contribution in [2.75, 3.05) is 59.1 Å². The van der Waals surface area contributed by atoms with Crippen molar-refractivity contribution < 1.29 is 63.6 Å². The van der Waals surface area contributed by atoms with Gasteiger partial charge in [-0.05, 0) is 83.6 Å². The van der Waals surface area contributed by atoms with Crippen LogP contribution in [0, 0.1) is 0 Å². The number of aliphatic hydroxyl groups excluding tert-OH is 3. The maximum atomic E-state index is 14.0. The van der Waals surface area contributed by atoms with E-state index in [9.17, 15) is 63.6 Å². The number of aliphatic hydroxyl groups is 3. The van der Waals surface area contributed by atoms with Crippen molar-refractivity contribution in [3.63, 3.8) is 0 Å². The van der Waals surface area contributed by atoms with Crippen molar-refractivity contribution in [1.29, 1.82) is 0 Å². The third-order valence-corrected chi connectivity index (χ3v) is 12.9. The molecule has 9 atom stereocenters. The predicted octanol–water partition coefficient (Wildman–Crippen LogP) is -4.79. The quantitative estimate of drug-likeness (QED) is 0.0767. The molecule has 6 heterocycles. The molecule has 338 valence electrons. The summed E-state index contributed by atoms with van der Waals surface area (Å²) in [6.07, 6.45) is 4.91. The highest BCUT2D eigenvalue weighted by Crippen LogP contribution is 2.28. The van der Waals surface area contributed by atoms with Crippen molar-refractivity contribution in [3.05, 3.63) is 0 Å². The van der Waals surface area contributed by atoms with Gasteiger partial charge in [0.05, 0.1) is 25.9 Å². The van der Waals surface area contributed by atoms with E-state index in [-0.39, 0.29) is 58.4 Å². The van der Waals surface area contributed by atoms with Crippen molar-refractivity contribution in [2.45, 2.75) is 131 Å². The smallest absolute Gasteiger partial charge is 0.326 e. The van der Waals surface area contributed by atoms with Gasteiger partial charge in [0, 0.05) is 32.7 Å². The number of carboxylic acids is 1. The number of rotatable bonds is 15. The second-order valence-corrected chi connectivity index (χ2v) is 16.7. The summed E-state index contributed by atoms with van der Waals surface area (Å²) in [5.41, 5.74) is 0. The summed E-state index contributed by atoms with van der Waals surface area (Å²) in [5, 5.41) is 50.6. The van der Waals surface area contributed by atoms with Crippen LogP contribution in [0.5, 0.6) is 0 Å². The minimum Gasteiger partial charge on any atom is -0.480 e. The zero-order chi connectivity index (χ0) is 44.0. The molecular weight excluding hydrogens is 802 g/mol. The van der Waals surface area contributed by atoms with Crippen LogP contribution in [0.3, 0.4) is 0 Å². The van der Waals surface area contributed by atoms with Gasteiger partial charge in [-0.25, -0.2) is 4.79 Å². The number of amides is 8.